The molecule has 40 heavy (non-hydrogen) atoms. The van der Waals surface area contributed by atoms with Crippen molar-refractivity contribution in [3.63, 3.8) is 0 Å². The van der Waals surface area contributed by atoms with Crippen LogP contribution in [0.3, 0.4) is 0 Å². The van der Waals surface area contributed by atoms with Crippen LogP contribution in [0.4, 0.5) is 5.69 Å². The quantitative estimate of drug-likeness (QED) is 0.137. The van der Waals surface area contributed by atoms with Crippen molar-refractivity contribution >= 4 is 5.69 Å². The Balaban J connectivity index is 2.05. The molecule has 9 heteroatoms. The minimum absolute atomic E-state index is 0.231. The van der Waals surface area contributed by atoms with E-state index in [4.69, 9.17) is 40.5 Å². The number of rotatable bonds is 22. The van der Waals surface area contributed by atoms with Crippen LogP contribution in [0.2, 0.25) is 0 Å². The van der Waals surface area contributed by atoms with Crippen LogP contribution in [-0.2, 0) is 18.9 Å². The molecule has 1 fully saturated rings. The topological polar surface area (TPSA) is 146 Å². The Kier molecular flexibility index (Phi) is 17.7. The van der Waals surface area contributed by atoms with Gasteiger partial charge in [-0.2, -0.15) is 15.8 Å². The maximum Gasteiger partial charge on any atom is 0.187 e. The Labute approximate surface area is 240 Å². The summed E-state index contributed by atoms with van der Waals surface area (Å²) in [5.74, 6) is 0. The number of ether oxygens (including phenoxy) is 4. The fourth-order valence-electron chi connectivity index (χ4n) is 4.67. The largest absolute Gasteiger partial charge is 0.399 e. The van der Waals surface area contributed by atoms with Gasteiger partial charge >= 0.3 is 0 Å². The number of nitrogens with zero attached hydrogens (tertiary/aromatic N) is 3. The highest BCUT2D eigenvalue weighted by atomic mass is 16.7. The monoisotopic (exact) mass is 553 g/mol. The lowest BCUT2D eigenvalue weighted by molar-refractivity contribution is -0.199. The van der Waals surface area contributed by atoms with E-state index in [0.717, 1.165) is 69.9 Å². The van der Waals surface area contributed by atoms with Crippen LogP contribution in [0.25, 0.3) is 0 Å². The Morgan fingerprint density at radius 3 is 1.93 bits per heavy atom. The van der Waals surface area contributed by atoms with Gasteiger partial charge in [0.05, 0.1) is 24.3 Å². The number of anilines is 1. The average Bonchev–Trinajstić information content (AvgIpc) is 3.27. The first kappa shape index (κ1) is 33.5. The van der Waals surface area contributed by atoms with Gasteiger partial charge in [0, 0.05) is 44.7 Å². The standard InChI is InChI=1S/C31H47N5O4/c1-25(26-14-16-27(35)17-15-26)39-31-30(38-23-13-7-4-10-20-34)29(37-22-12-6-3-9-19-33)28(40-31)24-36-21-11-5-2-8-18-32/h14-17,25,28-31,36H,2-13,21-24,35H2,1H3. The lowest BCUT2D eigenvalue weighted by Gasteiger charge is -2.26. The van der Waals surface area contributed by atoms with Gasteiger partial charge < -0.3 is 30.0 Å². The van der Waals surface area contributed by atoms with Crippen molar-refractivity contribution in [2.75, 3.05) is 32.0 Å². The normalized spacial score (nSPS) is 20.9. The molecule has 0 saturated carbocycles. The Morgan fingerprint density at radius 1 is 0.800 bits per heavy atom. The zero-order chi connectivity index (χ0) is 28.8. The van der Waals surface area contributed by atoms with Crippen LogP contribution in [0.5, 0.6) is 0 Å². The second kappa shape index (κ2) is 21.1. The van der Waals surface area contributed by atoms with Crippen LogP contribution in [0.15, 0.2) is 24.3 Å². The summed E-state index contributed by atoms with van der Waals surface area (Å²) in [6, 6.07) is 14.2. The first-order valence-electron chi connectivity index (χ1n) is 14.8. The van der Waals surface area contributed by atoms with Gasteiger partial charge in [0.15, 0.2) is 6.29 Å². The zero-order valence-corrected chi connectivity index (χ0v) is 24.1. The maximum atomic E-state index is 8.81. The van der Waals surface area contributed by atoms with Crippen molar-refractivity contribution < 1.29 is 18.9 Å². The molecule has 1 aliphatic rings. The molecule has 0 radical (unpaired) electrons. The van der Waals surface area contributed by atoms with Crippen LogP contribution < -0.4 is 11.1 Å². The molecule has 3 N–H and O–H groups in total. The molecule has 0 aliphatic carbocycles. The van der Waals surface area contributed by atoms with E-state index in [9.17, 15) is 0 Å². The van der Waals surface area contributed by atoms with E-state index >= 15 is 0 Å². The molecule has 1 aliphatic heterocycles. The van der Waals surface area contributed by atoms with Crippen molar-refractivity contribution in [2.24, 2.45) is 0 Å². The number of nitriles is 3. The third-order valence-corrected chi connectivity index (χ3v) is 6.99. The van der Waals surface area contributed by atoms with E-state index < -0.39 is 12.4 Å². The van der Waals surface area contributed by atoms with Gasteiger partial charge in [-0.15, -0.1) is 0 Å². The minimum atomic E-state index is -0.599. The zero-order valence-electron chi connectivity index (χ0n) is 24.1. The maximum absolute atomic E-state index is 8.81. The molecule has 0 bridgehead atoms. The van der Waals surface area contributed by atoms with Gasteiger partial charge in [-0.3, -0.25) is 0 Å². The molecule has 220 valence electrons. The van der Waals surface area contributed by atoms with Gasteiger partial charge in [0.2, 0.25) is 0 Å². The number of nitrogens with one attached hydrogen (secondary N) is 1. The molecule has 1 heterocycles. The SMILES string of the molecule is CC(OC1OC(CNCCCCCC#N)C(OCCCCCC#N)C1OCCCCCC#N)c1ccc(N)cc1. The van der Waals surface area contributed by atoms with Gasteiger partial charge in [-0.25, -0.2) is 0 Å². The highest BCUT2D eigenvalue weighted by Gasteiger charge is 2.47. The van der Waals surface area contributed by atoms with Crippen molar-refractivity contribution in [1.82, 2.24) is 5.32 Å². The van der Waals surface area contributed by atoms with Crippen molar-refractivity contribution in [2.45, 2.75) is 115 Å². The molecule has 2 rings (SSSR count). The number of nitrogen functional groups attached to an aromatic ring is 1. The van der Waals surface area contributed by atoms with Crippen molar-refractivity contribution in [1.29, 1.82) is 15.8 Å². The number of hydrogen-bond acceptors (Lipinski definition) is 9. The minimum Gasteiger partial charge on any atom is -0.399 e. The van der Waals surface area contributed by atoms with Crippen molar-refractivity contribution in [3.8, 4) is 18.2 Å². The van der Waals surface area contributed by atoms with E-state index in [2.05, 4.69) is 23.5 Å². The molecule has 9 nitrogen and oxygen atoms in total. The molecule has 0 spiro atoms. The number of unbranched alkanes of at least 4 members (excludes halogenated alkanes) is 9. The fourth-order valence-corrected chi connectivity index (χ4v) is 4.67. The number of benzene rings is 1. The average molecular weight is 554 g/mol. The van der Waals surface area contributed by atoms with Gasteiger partial charge in [-0.1, -0.05) is 31.4 Å². The summed E-state index contributed by atoms with van der Waals surface area (Å²) in [6.07, 6.45) is 8.17. The number of hydrogen-bond donors (Lipinski definition) is 2. The molecule has 1 aromatic rings. The third-order valence-electron chi connectivity index (χ3n) is 6.99. The highest BCUT2D eigenvalue weighted by molar-refractivity contribution is 5.39. The van der Waals surface area contributed by atoms with E-state index in [-0.39, 0.29) is 18.3 Å². The summed E-state index contributed by atoms with van der Waals surface area (Å²) in [6.45, 7) is 4.54. The van der Waals surface area contributed by atoms with Crippen LogP contribution in [0.1, 0.15) is 95.6 Å². The highest BCUT2D eigenvalue weighted by Crippen LogP contribution is 2.32. The smallest absolute Gasteiger partial charge is 0.187 e. The lowest BCUT2D eigenvalue weighted by atomic mass is 10.1. The molecular formula is C31H47N5O4. The Bertz CT molecular complexity index is 924. The van der Waals surface area contributed by atoms with Crippen molar-refractivity contribution in [3.05, 3.63) is 29.8 Å². The molecule has 0 amide bonds. The predicted octanol–water partition coefficient (Wildman–Crippen LogP) is 5.68. The molecule has 1 saturated heterocycles. The third kappa shape index (κ3) is 13.1. The summed E-state index contributed by atoms with van der Waals surface area (Å²) in [4.78, 5) is 0. The number of nitrogens with two attached hydrogens (primary N) is 1. The van der Waals surface area contributed by atoms with Gasteiger partial charge in [-0.05, 0) is 69.7 Å². The van der Waals surface area contributed by atoms with E-state index in [1.54, 1.807) is 0 Å². The molecular weight excluding hydrogens is 506 g/mol. The molecule has 0 aromatic heterocycles. The first-order valence-corrected chi connectivity index (χ1v) is 14.8. The second-order valence-electron chi connectivity index (χ2n) is 10.3. The van der Waals surface area contributed by atoms with E-state index in [0.29, 0.717) is 44.7 Å². The van der Waals surface area contributed by atoms with E-state index in [1.165, 1.54) is 0 Å². The summed E-state index contributed by atoms with van der Waals surface area (Å²) in [7, 11) is 0. The summed E-state index contributed by atoms with van der Waals surface area (Å²) in [5.41, 5.74) is 7.57. The van der Waals surface area contributed by atoms with Crippen LogP contribution in [0, 0.1) is 34.0 Å². The second-order valence-corrected chi connectivity index (χ2v) is 10.3. The molecule has 5 atom stereocenters. The molecule has 1 aromatic carbocycles. The summed E-state index contributed by atoms with van der Waals surface area (Å²) >= 11 is 0. The van der Waals surface area contributed by atoms with E-state index in [1.807, 2.05) is 31.2 Å². The van der Waals surface area contributed by atoms with Gasteiger partial charge in [0.1, 0.15) is 18.3 Å². The summed E-state index contributed by atoms with van der Waals surface area (Å²) < 4.78 is 25.7. The van der Waals surface area contributed by atoms with Crippen LogP contribution >= 0.6 is 0 Å². The van der Waals surface area contributed by atoms with Crippen LogP contribution in [-0.4, -0.2) is 50.9 Å². The Hall–Kier alpha value is -2.71. The Morgan fingerprint density at radius 2 is 1.35 bits per heavy atom. The predicted molar refractivity (Wildman–Crippen MR) is 154 cm³/mol. The molecule has 5 unspecified atom stereocenters. The lowest BCUT2D eigenvalue weighted by Crippen LogP contribution is -2.42. The van der Waals surface area contributed by atoms with Gasteiger partial charge in [0.25, 0.3) is 0 Å². The summed E-state index contributed by atoms with van der Waals surface area (Å²) in [5, 5.41) is 29.8. The first-order chi connectivity index (χ1) is 19.6. The fraction of sp³-hybridized carbons (Fsp3) is 0.710.